The first-order valence-corrected chi connectivity index (χ1v) is 9.85. The summed E-state index contributed by atoms with van der Waals surface area (Å²) in [5.74, 6) is 0.458. The summed E-state index contributed by atoms with van der Waals surface area (Å²) < 4.78 is 15.0. The average molecular weight is 395 g/mol. The van der Waals surface area contributed by atoms with E-state index in [9.17, 15) is 4.79 Å². The fraction of sp³-hybridized carbons (Fsp3) is 0.238. The maximum atomic E-state index is 12.8. The third-order valence-corrected chi connectivity index (χ3v) is 5.45. The molecule has 3 aromatic rings. The predicted octanol–water partition coefficient (Wildman–Crippen LogP) is 3.91. The molecular weight excluding hydrogens is 374 g/mol. The van der Waals surface area contributed by atoms with Gasteiger partial charge in [-0.2, -0.15) is 0 Å². The number of carbonyl (C=O) groups excluding carboxylic acids is 1. The Morgan fingerprint density at radius 2 is 2.04 bits per heavy atom. The lowest BCUT2D eigenvalue weighted by Gasteiger charge is -2.29. The van der Waals surface area contributed by atoms with Crippen molar-refractivity contribution in [2.45, 2.75) is 0 Å². The van der Waals surface area contributed by atoms with Gasteiger partial charge in [0.05, 0.1) is 30.9 Å². The number of nitrogens with zero attached hydrogens (tertiary/aromatic N) is 2. The number of benzene rings is 2. The molecule has 1 aliphatic heterocycles. The van der Waals surface area contributed by atoms with Gasteiger partial charge in [-0.3, -0.25) is 4.79 Å². The second kappa shape index (κ2) is 8.41. The summed E-state index contributed by atoms with van der Waals surface area (Å²) in [7, 11) is 1.61. The van der Waals surface area contributed by atoms with E-state index in [2.05, 4.69) is 14.6 Å². The maximum Gasteiger partial charge on any atom is 0.255 e. The van der Waals surface area contributed by atoms with Gasteiger partial charge in [0.2, 0.25) is 0 Å². The van der Waals surface area contributed by atoms with Crippen LogP contribution in [-0.4, -0.2) is 43.7 Å². The lowest BCUT2D eigenvalue weighted by atomic mass is 10.1. The molecule has 2 aromatic carbocycles. The van der Waals surface area contributed by atoms with E-state index in [1.165, 1.54) is 11.5 Å². The van der Waals surface area contributed by atoms with Gasteiger partial charge < -0.3 is 19.7 Å². The number of morpholine rings is 1. The summed E-state index contributed by atoms with van der Waals surface area (Å²) in [6, 6.07) is 15.3. The standard InChI is InChI=1S/C21H21N3O3S/c1-26-19-14-17(24-9-11-27-12-10-24)5-6-18(19)23-21(25)16-4-2-3-15(13-16)20-7-8-22-28-20/h2-8,13-14H,9-12H2,1H3,(H,23,25). The van der Waals surface area contributed by atoms with Crippen LogP contribution in [0.1, 0.15) is 10.4 Å². The van der Waals surface area contributed by atoms with E-state index in [0.29, 0.717) is 17.0 Å². The van der Waals surface area contributed by atoms with Gasteiger partial charge in [-0.1, -0.05) is 12.1 Å². The van der Waals surface area contributed by atoms with Gasteiger partial charge in [0.1, 0.15) is 5.75 Å². The summed E-state index contributed by atoms with van der Waals surface area (Å²) >= 11 is 1.41. The molecule has 7 heteroatoms. The van der Waals surface area contributed by atoms with Gasteiger partial charge >= 0.3 is 0 Å². The Morgan fingerprint density at radius 1 is 1.18 bits per heavy atom. The van der Waals surface area contributed by atoms with E-state index >= 15 is 0 Å². The molecule has 28 heavy (non-hydrogen) atoms. The van der Waals surface area contributed by atoms with Gasteiger partial charge in [0.15, 0.2) is 0 Å². The first-order valence-electron chi connectivity index (χ1n) is 9.08. The molecule has 1 N–H and O–H groups in total. The Hall–Kier alpha value is -2.90. The largest absolute Gasteiger partial charge is 0.494 e. The minimum atomic E-state index is -0.177. The van der Waals surface area contributed by atoms with Crippen LogP contribution < -0.4 is 15.0 Å². The number of anilines is 2. The van der Waals surface area contributed by atoms with Crippen LogP contribution in [0, 0.1) is 0 Å². The molecule has 2 heterocycles. The Labute approximate surface area is 167 Å². The monoisotopic (exact) mass is 395 g/mol. The average Bonchev–Trinajstić information content (AvgIpc) is 3.30. The minimum Gasteiger partial charge on any atom is -0.494 e. The Bertz CT molecular complexity index is 953. The number of rotatable bonds is 5. The number of amides is 1. The molecule has 1 aromatic heterocycles. The van der Waals surface area contributed by atoms with E-state index in [1.807, 2.05) is 42.5 Å². The highest BCUT2D eigenvalue weighted by Crippen LogP contribution is 2.31. The van der Waals surface area contributed by atoms with Gasteiger partial charge in [-0.05, 0) is 47.4 Å². The maximum absolute atomic E-state index is 12.8. The number of ether oxygens (including phenoxy) is 2. The van der Waals surface area contributed by atoms with Crippen molar-refractivity contribution in [2.24, 2.45) is 0 Å². The number of carbonyl (C=O) groups is 1. The Morgan fingerprint density at radius 3 is 2.79 bits per heavy atom. The van der Waals surface area contributed by atoms with Crippen LogP contribution in [0.2, 0.25) is 0 Å². The quantitative estimate of drug-likeness (QED) is 0.710. The molecule has 1 amide bonds. The molecule has 1 fully saturated rings. The Balaban J connectivity index is 1.53. The molecule has 144 valence electrons. The number of hydrogen-bond acceptors (Lipinski definition) is 6. The molecular formula is C21H21N3O3S. The van der Waals surface area contributed by atoms with Crippen molar-refractivity contribution in [2.75, 3.05) is 43.6 Å². The highest BCUT2D eigenvalue weighted by atomic mass is 32.1. The summed E-state index contributed by atoms with van der Waals surface area (Å²) in [6.45, 7) is 3.13. The van der Waals surface area contributed by atoms with Crippen molar-refractivity contribution in [3.05, 3.63) is 60.3 Å². The number of methoxy groups -OCH3 is 1. The van der Waals surface area contributed by atoms with E-state index in [4.69, 9.17) is 9.47 Å². The van der Waals surface area contributed by atoms with Crippen LogP contribution in [-0.2, 0) is 4.74 Å². The lowest BCUT2D eigenvalue weighted by molar-refractivity contribution is 0.102. The first kappa shape index (κ1) is 18.5. The zero-order valence-electron chi connectivity index (χ0n) is 15.6. The number of nitrogens with one attached hydrogen (secondary N) is 1. The Kier molecular flexibility index (Phi) is 5.55. The van der Waals surface area contributed by atoms with Crippen LogP contribution in [0.25, 0.3) is 10.4 Å². The van der Waals surface area contributed by atoms with Crippen LogP contribution in [0.15, 0.2) is 54.7 Å². The summed E-state index contributed by atoms with van der Waals surface area (Å²) in [6.07, 6.45) is 1.76. The lowest BCUT2D eigenvalue weighted by Crippen LogP contribution is -2.36. The zero-order chi connectivity index (χ0) is 19.3. The van der Waals surface area contributed by atoms with Crippen LogP contribution in [0.5, 0.6) is 5.75 Å². The normalized spacial score (nSPS) is 14.0. The zero-order valence-corrected chi connectivity index (χ0v) is 16.4. The van der Waals surface area contributed by atoms with Gasteiger partial charge in [0, 0.05) is 36.6 Å². The molecule has 0 spiro atoms. The molecule has 0 atom stereocenters. The molecule has 1 saturated heterocycles. The first-order chi connectivity index (χ1) is 13.7. The van der Waals surface area contributed by atoms with Crippen molar-refractivity contribution in [3.8, 4) is 16.2 Å². The number of aromatic nitrogens is 1. The van der Waals surface area contributed by atoms with E-state index < -0.39 is 0 Å². The molecule has 0 aliphatic carbocycles. The molecule has 0 saturated carbocycles. The topological polar surface area (TPSA) is 63.7 Å². The molecule has 1 aliphatic rings. The fourth-order valence-electron chi connectivity index (χ4n) is 3.17. The third-order valence-electron chi connectivity index (χ3n) is 4.66. The van der Waals surface area contributed by atoms with E-state index in [0.717, 1.165) is 42.4 Å². The predicted molar refractivity (Wildman–Crippen MR) is 112 cm³/mol. The van der Waals surface area contributed by atoms with Crippen molar-refractivity contribution >= 4 is 28.8 Å². The second-order valence-electron chi connectivity index (χ2n) is 6.40. The summed E-state index contributed by atoms with van der Waals surface area (Å²) in [5.41, 5.74) is 3.27. The fourth-order valence-corrected chi connectivity index (χ4v) is 3.76. The van der Waals surface area contributed by atoms with Crippen molar-refractivity contribution in [3.63, 3.8) is 0 Å². The molecule has 0 radical (unpaired) electrons. The highest BCUT2D eigenvalue weighted by Gasteiger charge is 2.15. The second-order valence-corrected chi connectivity index (χ2v) is 7.23. The van der Waals surface area contributed by atoms with E-state index in [1.54, 1.807) is 19.4 Å². The van der Waals surface area contributed by atoms with Crippen molar-refractivity contribution in [1.29, 1.82) is 0 Å². The molecule has 0 bridgehead atoms. The molecule has 0 unspecified atom stereocenters. The van der Waals surface area contributed by atoms with E-state index in [-0.39, 0.29) is 5.91 Å². The SMILES string of the molecule is COc1cc(N2CCOCC2)ccc1NC(=O)c1cccc(-c2ccns2)c1. The van der Waals surface area contributed by atoms with Crippen molar-refractivity contribution in [1.82, 2.24) is 4.37 Å². The molecule has 6 nitrogen and oxygen atoms in total. The summed E-state index contributed by atoms with van der Waals surface area (Å²) in [4.78, 5) is 16.1. The summed E-state index contributed by atoms with van der Waals surface area (Å²) in [5, 5.41) is 2.96. The highest BCUT2D eigenvalue weighted by molar-refractivity contribution is 7.09. The smallest absolute Gasteiger partial charge is 0.255 e. The van der Waals surface area contributed by atoms with Crippen LogP contribution in [0.4, 0.5) is 11.4 Å². The third kappa shape index (κ3) is 4.00. The minimum absolute atomic E-state index is 0.177. The van der Waals surface area contributed by atoms with Gasteiger partial charge in [0.25, 0.3) is 5.91 Å². The van der Waals surface area contributed by atoms with Crippen LogP contribution >= 0.6 is 11.5 Å². The van der Waals surface area contributed by atoms with Gasteiger partial charge in [-0.15, -0.1) is 0 Å². The van der Waals surface area contributed by atoms with Gasteiger partial charge in [-0.25, -0.2) is 4.37 Å². The van der Waals surface area contributed by atoms with Crippen molar-refractivity contribution < 1.29 is 14.3 Å². The van der Waals surface area contributed by atoms with Crippen LogP contribution in [0.3, 0.4) is 0 Å². The molecule has 4 rings (SSSR count). The number of hydrogen-bond donors (Lipinski definition) is 1.